The minimum atomic E-state index is 0.710. The van der Waals surface area contributed by atoms with E-state index in [1.165, 1.54) is 57.8 Å². The fourth-order valence-electron chi connectivity index (χ4n) is 2.38. The molecule has 0 amide bonds. The summed E-state index contributed by atoms with van der Waals surface area (Å²) in [7, 11) is 0. The second-order valence-electron chi connectivity index (χ2n) is 5.15. The van der Waals surface area contributed by atoms with E-state index in [0.29, 0.717) is 6.04 Å². The van der Waals surface area contributed by atoms with E-state index in [1.807, 2.05) is 0 Å². The Bertz CT molecular complexity index is 150. The zero-order chi connectivity index (χ0) is 13.5. The van der Waals surface area contributed by atoms with Crippen molar-refractivity contribution in [2.24, 2.45) is 0 Å². The Balaban J connectivity index is 3.44. The molecule has 0 bridgehead atoms. The molecule has 0 aliphatic carbocycles. The summed E-state index contributed by atoms with van der Waals surface area (Å²) in [4.78, 5) is 0. The Kier molecular flexibility index (Phi) is 14.9. The Morgan fingerprint density at radius 1 is 0.833 bits per heavy atom. The number of ether oxygens (including phenoxy) is 1. The summed E-state index contributed by atoms with van der Waals surface area (Å²) in [5, 5.41) is 3.61. The van der Waals surface area contributed by atoms with Crippen molar-refractivity contribution in [1.82, 2.24) is 5.32 Å². The predicted octanol–water partition coefficient (Wildman–Crippen LogP) is 4.53. The molecule has 0 aromatic carbocycles. The van der Waals surface area contributed by atoms with E-state index in [1.54, 1.807) is 0 Å². The molecule has 1 atom stereocenters. The van der Waals surface area contributed by atoms with Gasteiger partial charge >= 0.3 is 0 Å². The average molecular weight is 257 g/mol. The molecule has 2 nitrogen and oxygen atoms in total. The number of unbranched alkanes of at least 4 members (excludes halogenated alkanes) is 5. The molecule has 18 heavy (non-hydrogen) atoms. The molecule has 0 radical (unpaired) electrons. The lowest BCUT2D eigenvalue weighted by atomic mass is 10.0. The lowest BCUT2D eigenvalue weighted by molar-refractivity contribution is 0.140. The highest BCUT2D eigenvalue weighted by Gasteiger charge is 2.06. The number of rotatable bonds is 14. The van der Waals surface area contributed by atoms with E-state index in [4.69, 9.17) is 4.74 Å². The Morgan fingerprint density at radius 2 is 1.50 bits per heavy atom. The fraction of sp³-hybridized carbons (Fsp3) is 1.00. The zero-order valence-corrected chi connectivity index (χ0v) is 13.0. The molecular weight excluding hydrogens is 222 g/mol. The van der Waals surface area contributed by atoms with Gasteiger partial charge in [0.2, 0.25) is 0 Å². The summed E-state index contributed by atoms with van der Waals surface area (Å²) in [5.41, 5.74) is 0. The number of hydrogen-bond acceptors (Lipinski definition) is 2. The van der Waals surface area contributed by atoms with Crippen LogP contribution in [0.15, 0.2) is 0 Å². The largest absolute Gasteiger partial charge is 0.382 e. The topological polar surface area (TPSA) is 21.3 Å². The highest BCUT2D eigenvalue weighted by molar-refractivity contribution is 4.66. The third-order valence-corrected chi connectivity index (χ3v) is 3.44. The van der Waals surface area contributed by atoms with Crippen molar-refractivity contribution in [3.8, 4) is 0 Å². The van der Waals surface area contributed by atoms with Crippen LogP contribution in [0.5, 0.6) is 0 Å². The minimum absolute atomic E-state index is 0.710. The summed E-state index contributed by atoms with van der Waals surface area (Å²) in [5.74, 6) is 0. The van der Waals surface area contributed by atoms with Gasteiger partial charge in [-0.1, -0.05) is 52.4 Å². The van der Waals surface area contributed by atoms with Crippen LogP contribution in [0.4, 0.5) is 0 Å². The Hall–Kier alpha value is -0.0800. The highest BCUT2D eigenvalue weighted by Crippen LogP contribution is 2.11. The van der Waals surface area contributed by atoms with Crippen LogP contribution >= 0.6 is 0 Å². The second kappa shape index (κ2) is 15.0. The molecule has 0 aromatic heterocycles. The maximum atomic E-state index is 5.40. The van der Waals surface area contributed by atoms with Crippen molar-refractivity contribution in [1.29, 1.82) is 0 Å². The van der Waals surface area contributed by atoms with E-state index in [9.17, 15) is 0 Å². The molecule has 1 unspecified atom stereocenters. The van der Waals surface area contributed by atoms with Gasteiger partial charge in [0.05, 0.1) is 0 Å². The smallest absolute Gasteiger partial charge is 0.0466 e. The molecule has 0 heterocycles. The molecule has 0 aromatic rings. The SMILES string of the molecule is CCCCCCCCC(CCCOCC)NCC. The molecule has 0 fully saturated rings. The van der Waals surface area contributed by atoms with Gasteiger partial charge in [-0.25, -0.2) is 0 Å². The molecule has 110 valence electrons. The molecular formula is C16H35NO. The van der Waals surface area contributed by atoms with Crippen LogP contribution in [-0.2, 0) is 4.74 Å². The Labute approximate surface area is 115 Å². The van der Waals surface area contributed by atoms with Crippen LogP contribution in [-0.4, -0.2) is 25.8 Å². The Morgan fingerprint density at radius 3 is 2.17 bits per heavy atom. The van der Waals surface area contributed by atoms with E-state index >= 15 is 0 Å². The first kappa shape index (κ1) is 17.9. The molecule has 0 rings (SSSR count). The fourth-order valence-corrected chi connectivity index (χ4v) is 2.38. The standard InChI is InChI=1S/C16H35NO/c1-4-7-8-9-10-11-13-16(17-5-2)14-12-15-18-6-3/h16-17H,4-15H2,1-3H3. The first-order valence-corrected chi connectivity index (χ1v) is 8.16. The maximum Gasteiger partial charge on any atom is 0.0466 e. The van der Waals surface area contributed by atoms with Crippen molar-refractivity contribution in [2.45, 2.75) is 84.6 Å². The minimum Gasteiger partial charge on any atom is -0.382 e. The van der Waals surface area contributed by atoms with E-state index in [0.717, 1.165) is 19.8 Å². The van der Waals surface area contributed by atoms with Gasteiger partial charge in [-0.15, -0.1) is 0 Å². The maximum absolute atomic E-state index is 5.40. The summed E-state index contributed by atoms with van der Waals surface area (Å²) < 4.78 is 5.40. The number of hydrogen-bond donors (Lipinski definition) is 1. The first-order valence-electron chi connectivity index (χ1n) is 8.16. The number of nitrogens with one attached hydrogen (secondary N) is 1. The van der Waals surface area contributed by atoms with Crippen molar-refractivity contribution >= 4 is 0 Å². The molecule has 0 aliphatic rings. The molecule has 0 saturated carbocycles. The summed E-state index contributed by atoms with van der Waals surface area (Å²) in [6.07, 6.45) is 12.2. The van der Waals surface area contributed by atoms with Gasteiger partial charge in [-0.2, -0.15) is 0 Å². The second-order valence-corrected chi connectivity index (χ2v) is 5.15. The van der Waals surface area contributed by atoms with Crippen molar-refractivity contribution < 1.29 is 4.74 Å². The summed E-state index contributed by atoms with van der Waals surface area (Å²) >= 11 is 0. The van der Waals surface area contributed by atoms with E-state index in [-0.39, 0.29) is 0 Å². The molecule has 2 heteroatoms. The van der Waals surface area contributed by atoms with Crippen LogP contribution in [0.25, 0.3) is 0 Å². The van der Waals surface area contributed by atoms with Crippen LogP contribution in [0.1, 0.15) is 78.6 Å². The molecule has 0 saturated heterocycles. The van der Waals surface area contributed by atoms with Gasteiger partial charge in [0.25, 0.3) is 0 Å². The van der Waals surface area contributed by atoms with Crippen LogP contribution < -0.4 is 5.32 Å². The zero-order valence-electron chi connectivity index (χ0n) is 13.0. The van der Waals surface area contributed by atoms with Crippen molar-refractivity contribution in [3.63, 3.8) is 0 Å². The predicted molar refractivity (Wildman–Crippen MR) is 81.2 cm³/mol. The third kappa shape index (κ3) is 12.4. The van der Waals surface area contributed by atoms with Crippen molar-refractivity contribution in [2.75, 3.05) is 19.8 Å². The highest BCUT2D eigenvalue weighted by atomic mass is 16.5. The molecule has 1 N–H and O–H groups in total. The normalized spacial score (nSPS) is 12.8. The van der Waals surface area contributed by atoms with Gasteiger partial charge in [-0.05, 0) is 32.7 Å². The van der Waals surface area contributed by atoms with Gasteiger partial charge in [0.15, 0.2) is 0 Å². The van der Waals surface area contributed by atoms with Gasteiger partial charge in [0.1, 0.15) is 0 Å². The van der Waals surface area contributed by atoms with Crippen LogP contribution in [0.3, 0.4) is 0 Å². The lowest BCUT2D eigenvalue weighted by Crippen LogP contribution is -2.29. The molecule has 0 spiro atoms. The van der Waals surface area contributed by atoms with Gasteiger partial charge in [0, 0.05) is 19.3 Å². The first-order chi connectivity index (χ1) is 8.85. The van der Waals surface area contributed by atoms with E-state index < -0.39 is 0 Å². The summed E-state index contributed by atoms with van der Waals surface area (Å²) in [6, 6.07) is 0.710. The average Bonchev–Trinajstić information content (AvgIpc) is 2.38. The molecule has 0 aliphatic heterocycles. The van der Waals surface area contributed by atoms with Crippen LogP contribution in [0, 0.1) is 0 Å². The van der Waals surface area contributed by atoms with Gasteiger partial charge < -0.3 is 10.1 Å². The quantitative estimate of drug-likeness (QED) is 0.462. The van der Waals surface area contributed by atoms with E-state index in [2.05, 4.69) is 26.1 Å². The van der Waals surface area contributed by atoms with Crippen molar-refractivity contribution in [3.05, 3.63) is 0 Å². The van der Waals surface area contributed by atoms with Gasteiger partial charge in [-0.3, -0.25) is 0 Å². The summed E-state index contributed by atoms with van der Waals surface area (Å²) in [6.45, 7) is 9.42. The van der Waals surface area contributed by atoms with Crippen LogP contribution in [0.2, 0.25) is 0 Å². The monoisotopic (exact) mass is 257 g/mol. The lowest BCUT2D eigenvalue weighted by Gasteiger charge is -2.17. The third-order valence-electron chi connectivity index (χ3n) is 3.44.